The Morgan fingerprint density at radius 1 is 1.32 bits per heavy atom. The summed E-state index contributed by atoms with van der Waals surface area (Å²) in [5.74, 6) is 0.319. The molecule has 0 unspecified atom stereocenters. The summed E-state index contributed by atoms with van der Waals surface area (Å²) in [5.41, 5.74) is 0.952. The summed E-state index contributed by atoms with van der Waals surface area (Å²) in [6, 6.07) is 5.70. The van der Waals surface area contributed by atoms with Crippen LogP contribution in [0.3, 0.4) is 0 Å². The molecule has 1 amide bonds. The van der Waals surface area contributed by atoms with Gasteiger partial charge in [-0.3, -0.25) is 0 Å². The van der Waals surface area contributed by atoms with Gasteiger partial charge in [-0.2, -0.15) is 0 Å². The van der Waals surface area contributed by atoms with Crippen LogP contribution in [-0.4, -0.2) is 54.6 Å². The van der Waals surface area contributed by atoms with Crippen LogP contribution in [0.15, 0.2) is 18.2 Å². The minimum Gasteiger partial charge on any atom is -0.448 e. The maximum absolute atomic E-state index is 11.8. The normalized spacial score (nSPS) is 15.4. The van der Waals surface area contributed by atoms with Crippen LogP contribution in [0.4, 0.5) is 9.93 Å². The fourth-order valence-corrected chi connectivity index (χ4v) is 3.69. The van der Waals surface area contributed by atoms with E-state index in [2.05, 4.69) is 9.88 Å². The number of amides is 1. The molecule has 1 fully saturated rings. The molecule has 1 aliphatic rings. The van der Waals surface area contributed by atoms with Crippen LogP contribution in [-0.2, 0) is 4.74 Å². The molecule has 0 saturated carbocycles. The van der Waals surface area contributed by atoms with Gasteiger partial charge in [0.2, 0.25) is 0 Å². The summed E-state index contributed by atoms with van der Waals surface area (Å²) in [6.07, 6.45) is -0.295. The fraction of sp³-hybridized carbons (Fsp3) is 0.429. The van der Waals surface area contributed by atoms with E-state index in [9.17, 15) is 4.79 Å². The first-order valence-corrected chi connectivity index (χ1v) is 8.69. The van der Waals surface area contributed by atoms with Crippen LogP contribution in [0.25, 0.3) is 10.2 Å². The summed E-state index contributed by atoms with van der Waals surface area (Å²) in [5, 5.41) is 1.68. The van der Waals surface area contributed by atoms with E-state index in [0.29, 0.717) is 19.0 Å². The van der Waals surface area contributed by atoms with Crippen molar-refractivity contribution in [3.8, 4) is 0 Å². The summed E-state index contributed by atoms with van der Waals surface area (Å²) in [6.45, 7) is 2.97. The lowest BCUT2D eigenvalue weighted by Crippen LogP contribution is -2.49. The lowest BCUT2D eigenvalue weighted by molar-refractivity contribution is 0.105. The topological polar surface area (TPSA) is 45.7 Å². The molecular weight excluding hydrogens is 345 g/mol. The van der Waals surface area contributed by atoms with Crippen LogP contribution >= 0.6 is 34.5 Å². The average molecular weight is 360 g/mol. The monoisotopic (exact) mass is 359 g/mol. The smallest absolute Gasteiger partial charge is 0.409 e. The highest BCUT2D eigenvalue weighted by Gasteiger charge is 2.23. The molecule has 1 aromatic carbocycles. The SMILES string of the molecule is O=C(OCCCl)N1CCN(c2nc3ccc(Cl)cc3s2)CC1. The molecule has 0 N–H and O–H groups in total. The number of alkyl halides is 1. The highest BCUT2D eigenvalue weighted by molar-refractivity contribution is 7.22. The van der Waals surface area contributed by atoms with E-state index in [1.165, 1.54) is 0 Å². The third-order valence-corrected chi connectivity index (χ3v) is 4.92. The standard InChI is InChI=1S/C14H15Cl2N3O2S/c15-3-8-21-14(20)19-6-4-18(5-7-19)13-17-11-2-1-10(16)9-12(11)22-13/h1-2,9H,3-8H2. The minimum absolute atomic E-state index is 0.249. The first-order chi connectivity index (χ1) is 10.7. The summed E-state index contributed by atoms with van der Waals surface area (Å²) >= 11 is 13.1. The van der Waals surface area contributed by atoms with Crippen LogP contribution in [0, 0.1) is 0 Å². The van der Waals surface area contributed by atoms with Gasteiger partial charge >= 0.3 is 6.09 Å². The molecule has 0 radical (unpaired) electrons. The number of ether oxygens (including phenoxy) is 1. The van der Waals surface area contributed by atoms with Gasteiger partial charge in [0.25, 0.3) is 0 Å². The number of nitrogens with zero attached hydrogens (tertiary/aromatic N) is 3. The molecule has 0 aliphatic carbocycles. The number of thiazole rings is 1. The Hall–Kier alpha value is -1.24. The number of hydrogen-bond acceptors (Lipinski definition) is 5. The molecule has 1 aliphatic heterocycles. The van der Waals surface area contributed by atoms with E-state index in [0.717, 1.165) is 33.5 Å². The van der Waals surface area contributed by atoms with Crippen molar-refractivity contribution < 1.29 is 9.53 Å². The first-order valence-electron chi connectivity index (χ1n) is 6.96. The summed E-state index contributed by atoms with van der Waals surface area (Å²) < 4.78 is 6.12. The molecule has 5 nitrogen and oxygen atoms in total. The quantitative estimate of drug-likeness (QED) is 0.787. The molecule has 118 valence electrons. The van der Waals surface area contributed by atoms with Gasteiger partial charge in [-0.05, 0) is 18.2 Å². The Labute approximate surface area is 142 Å². The number of carbonyl (C=O) groups excluding carboxylic acids is 1. The second-order valence-electron chi connectivity index (χ2n) is 4.89. The number of anilines is 1. The van der Waals surface area contributed by atoms with E-state index in [1.807, 2.05) is 18.2 Å². The molecule has 0 bridgehead atoms. The highest BCUT2D eigenvalue weighted by Crippen LogP contribution is 2.31. The van der Waals surface area contributed by atoms with Gasteiger partial charge in [0.15, 0.2) is 5.13 Å². The summed E-state index contributed by atoms with van der Waals surface area (Å²) in [4.78, 5) is 20.3. The molecular formula is C14H15Cl2N3O2S. The number of benzene rings is 1. The molecule has 0 spiro atoms. The first kappa shape index (κ1) is 15.6. The van der Waals surface area contributed by atoms with E-state index in [4.69, 9.17) is 27.9 Å². The molecule has 2 aromatic rings. The molecule has 1 saturated heterocycles. The Bertz CT molecular complexity index is 671. The number of aromatic nitrogens is 1. The second kappa shape index (κ2) is 6.89. The van der Waals surface area contributed by atoms with Crippen LogP contribution in [0.2, 0.25) is 5.02 Å². The van der Waals surface area contributed by atoms with Crippen molar-refractivity contribution in [2.75, 3.05) is 43.6 Å². The lowest BCUT2D eigenvalue weighted by Gasteiger charge is -2.33. The Kier molecular flexibility index (Phi) is 4.90. The average Bonchev–Trinajstić information content (AvgIpc) is 2.95. The van der Waals surface area contributed by atoms with Crippen molar-refractivity contribution in [2.45, 2.75) is 0 Å². The Morgan fingerprint density at radius 3 is 2.82 bits per heavy atom. The molecule has 3 rings (SSSR count). The maximum Gasteiger partial charge on any atom is 0.409 e. The van der Waals surface area contributed by atoms with E-state index in [1.54, 1.807) is 16.2 Å². The van der Waals surface area contributed by atoms with Gasteiger partial charge in [-0.15, -0.1) is 11.6 Å². The van der Waals surface area contributed by atoms with Gasteiger partial charge in [0.05, 0.1) is 16.1 Å². The minimum atomic E-state index is -0.295. The second-order valence-corrected chi connectivity index (χ2v) is 6.71. The molecule has 8 heteroatoms. The van der Waals surface area contributed by atoms with Gasteiger partial charge in [0.1, 0.15) is 6.61 Å². The number of hydrogen-bond donors (Lipinski definition) is 0. The Balaban J connectivity index is 1.64. The molecule has 22 heavy (non-hydrogen) atoms. The number of piperazine rings is 1. The van der Waals surface area contributed by atoms with Crippen molar-refractivity contribution in [1.29, 1.82) is 0 Å². The van der Waals surface area contributed by atoms with Crippen molar-refractivity contribution in [2.24, 2.45) is 0 Å². The van der Waals surface area contributed by atoms with Crippen molar-refractivity contribution in [3.63, 3.8) is 0 Å². The van der Waals surface area contributed by atoms with E-state index in [-0.39, 0.29) is 12.7 Å². The van der Waals surface area contributed by atoms with Crippen molar-refractivity contribution in [3.05, 3.63) is 23.2 Å². The number of carbonyl (C=O) groups is 1. The maximum atomic E-state index is 11.8. The lowest BCUT2D eigenvalue weighted by atomic mass is 10.3. The van der Waals surface area contributed by atoms with E-state index < -0.39 is 0 Å². The van der Waals surface area contributed by atoms with Gasteiger partial charge in [-0.1, -0.05) is 22.9 Å². The number of halogens is 2. The number of rotatable bonds is 3. The van der Waals surface area contributed by atoms with Crippen molar-refractivity contribution in [1.82, 2.24) is 9.88 Å². The van der Waals surface area contributed by atoms with Crippen molar-refractivity contribution >= 4 is 56.0 Å². The molecule has 0 atom stereocenters. The fourth-order valence-electron chi connectivity index (χ4n) is 2.32. The van der Waals surface area contributed by atoms with Crippen LogP contribution in [0.5, 0.6) is 0 Å². The third kappa shape index (κ3) is 3.39. The predicted molar refractivity (Wildman–Crippen MR) is 90.5 cm³/mol. The predicted octanol–water partition coefficient (Wildman–Crippen LogP) is 3.45. The van der Waals surface area contributed by atoms with Gasteiger partial charge in [0, 0.05) is 31.2 Å². The van der Waals surface area contributed by atoms with Gasteiger partial charge in [-0.25, -0.2) is 9.78 Å². The zero-order valence-electron chi connectivity index (χ0n) is 11.8. The molecule has 2 heterocycles. The van der Waals surface area contributed by atoms with Crippen LogP contribution < -0.4 is 4.90 Å². The zero-order valence-corrected chi connectivity index (χ0v) is 14.1. The summed E-state index contributed by atoms with van der Waals surface area (Å²) in [7, 11) is 0. The Morgan fingerprint density at radius 2 is 2.09 bits per heavy atom. The van der Waals surface area contributed by atoms with Crippen LogP contribution in [0.1, 0.15) is 0 Å². The number of fused-ring (bicyclic) bond motifs is 1. The largest absolute Gasteiger partial charge is 0.448 e. The highest BCUT2D eigenvalue weighted by atomic mass is 35.5. The van der Waals surface area contributed by atoms with E-state index >= 15 is 0 Å². The third-order valence-electron chi connectivity index (χ3n) is 3.45. The zero-order chi connectivity index (χ0) is 15.5. The molecule has 1 aromatic heterocycles. The van der Waals surface area contributed by atoms with Gasteiger partial charge < -0.3 is 14.5 Å².